The van der Waals surface area contributed by atoms with Crippen molar-refractivity contribution in [1.82, 2.24) is 0 Å². The first-order valence-electron chi connectivity index (χ1n) is 20.3. The normalized spacial score (nSPS) is 59.0. The highest BCUT2D eigenvalue weighted by atomic mass is 16.8. The summed E-state index contributed by atoms with van der Waals surface area (Å²) in [5.41, 5.74) is 0.425. The standard InChI is InChI=1S/C39H64O13/c1-18-7-12-39(47-17-18)19(2)28-25(52-39)14-24-22-6-5-20-13-21(8-10-37(20,3)23(22)9-11-38(24,28)4)48-36-34(32(45)30(43)27(16-41)50-36)51-35-33(46)31(44)29(42)26(15-40)49-35/h18-36,40-46H,5-17H2,1-4H3/t18?,19-,20+,21-,22+,23-,24-,25-,26+,27+,28-,29+,30-,31-,32-,33+,34+,35-,36+,37-,38-,39+/m1/s1. The molecule has 8 fully saturated rings. The van der Waals surface area contributed by atoms with Gasteiger partial charge >= 0.3 is 0 Å². The molecule has 0 aromatic heterocycles. The molecule has 4 aliphatic heterocycles. The average molecular weight is 741 g/mol. The topological polar surface area (TPSA) is 197 Å². The maximum Gasteiger partial charge on any atom is 0.187 e. The molecule has 4 aliphatic carbocycles. The molecule has 52 heavy (non-hydrogen) atoms. The Morgan fingerprint density at radius 1 is 0.673 bits per heavy atom. The number of hydrogen-bond acceptors (Lipinski definition) is 13. The van der Waals surface area contributed by atoms with E-state index in [4.69, 9.17) is 28.4 Å². The molecule has 0 bridgehead atoms. The molecular formula is C39H64O13. The lowest BCUT2D eigenvalue weighted by Crippen LogP contribution is -2.65. The van der Waals surface area contributed by atoms with E-state index in [9.17, 15) is 35.7 Å². The molecule has 22 atom stereocenters. The summed E-state index contributed by atoms with van der Waals surface area (Å²) in [6.45, 7) is 9.33. The summed E-state index contributed by atoms with van der Waals surface area (Å²) in [5, 5.41) is 72.7. The van der Waals surface area contributed by atoms with Gasteiger partial charge in [0.05, 0.1) is 32.0 Å². The van der Waals surface area contributed by atoms with E-state index in [1.807, 2.05) is 0 Å². The lowest BCUT2D eigenvalue weighted by atomic mass is 9.44. The smallest absolute Gasteiger partial charge is 0.187 e. The summed E-state index contributed by atoms with van der Waals surface area (Å²) >= 11 is 0. The maximum absolute atomic E-state index is 11.1. The largest absolute Gasteiger partial charge is 0.394 e. The average Bonchev–Trinajstić information content (AvgIpc) is 3.58. The van der Waals surface area contributed by atoms with E-state index in [1.54, 1.807) is 0 Å². The molecule has 1 spiro atoms. The summed E-state index contributed by atoms with van der Waals surface area (Å²) in [6, 6.07) is 0. The van der Waals surface area contributed by atoms with E-state index in [2.05, 4.69) is 27.7 Å². The molecule has 4 heterocycles. The second kappa shape index (κ2) is 14.1. The molecule has 4 saturated carbocycles. The van der Waals surface area contributed by atoms with Crippen LogP contribution in [0.1, 0.15) is 91.9 Å². The Kier molecular flexibility index (Phi) is 10.4. The molecule has 13 nitrogen and oxygen atoms in total. The van der Waals surface area contributed by atoms with Crippen LogP contribution in [-0.4, -0.2) is 135 Å². The number of hydrogen-bond donors (Lipinski definition) is 7. The van der Waals surface area contributed by atoms with Gasteiger partial charge in [0.2, 0.25) is 0 Å². The van der Waals surface area contributed by atoms with E-state index in [0.717, 1.165) is 45.1 Å². The second-order valence-electron chi connectivity index (χ2n) is 18.7. The Balaban J connectivity index is 0.942. The van der Waals surface area contributed by atoms with Gasteiger partial charge in [0.15, 0.2) is 18.4 Å². The van der Waals surface area contributed by atoms with Crippen LogP contribution in [0.25, 0.3) is 0 Å². The van der Waals surface area contributed by atoms with Gasteiger partial charge in [-0.2, -0.15) is 0 Å². The van der Waals surface area contributed by atoms with Crippen molar-refractivity contribution in [1.29, 1.82) is 0 Å². The molecule has 8 aliphatic rings. The summed E-state index contributed by atoms with van der Waals surface area (Å²) in [6.07, 6.45) is -3.88. The number of aliphatic hydroxyl groups is 7. The monoisotopic (exact) mass is 740 g/mol. The van der Waals surface area contributed by atoms with E-state index in [-0.39, 0.29) is 23.0 Å². The molecule has 0 aromatic carbocycles. The number of aliphatic hydroxyl groups excluding tert-OH is 7. The van der Waals surface area contributed by atoms with Gasteiger partial charge in [-0.3, -0.25) is 0 Å². The summed E-state index contributed by atoms with van der Waals surface area (Å²) in [7, 11) is 0. The molecule has 13 heteroatoms. The summed E-state index contributed by atoms with van der Waals surface area (Å²) < 4.78 is 37.5. The fourth-order valence-corrected chi connectivity index (χ4v) is 13.2. The molecule has 298 valence electrons. The first-order chi connectivity index (χ1) is 24.7. The van der Waals surface area contributed by atoms with Crippen molar-refractivity contribution in [2.24, 2.45) is 52.3 Å². The zero-order valence-electron chi connectivity index (χ0n) is 31.2. The van der Waals surface area contributed by atoms with Gasteiger partial charge in [-0.25, -0.2) is 0 Å². The van der Waals surface area contributed by atoms with E-state index in [0.29, 0.717) is 41.4 Å². The highest BCUT2D eigenvalue weighted by Gasteiger charge is 2.69. The Hall–Kier alpha value is -0.520. The van der Waals surface area contributed by atoms with Gasteiger partial charge in [0.25, 0.3) is 0 Å². The van der Waals surface area contributed by atoms with Crippen LogP contribution in [0.15, 0.2) is 0 Å². The van der Waals surface area contributed by atoms with Crippen LogP contribution in [0.4, 0.5) is 0 Å². The molecule has 4 saturated heterocycles. The van der Waals surface area contributed by atoms with E-state index >= 15 is 0 Å². The molecule has 0 aromatic rings. The fourth-order valence-electron chi connectivity index (χ4n) is 13.2. The minimum absolute atomic E-state index is 0.168. The number of fused-ring (bicyclic) bond motifs is 7. The molecular weight excluding hydrogens is 676 g/mol. The molecule has 0 radical (unpaired) electrons. The van der Waals surface area contributed by atoms with Gasteiger partial charge in [0.1, 0.15) is 48.8 Å². The first-order valence-corrected chi connectivity index (χ1v) is 20.3. The van der Waals surface area contributed by atoms with Crippen molar-refractivity contribution in [2.45, 2.75) is 171 Å². The Bertz CT molecular complexity index is 1260. The molecule has 7 N–H and O–H groups in total. The van der Waals surface area contributed by atoms with Crippen LogP contribution >= 0.6 is 0 Å². The van der Waals surface area contributed by atoms with Crippen molar-refractivity contribution >= 4 is 0 Å². The van der Waals surface area contributed by atoms with Crippen LogP contribution < -0.4 is 0 Å². The highest BCUT2D eigenvalue weighted by molar-refractivity contribution is 5.15. The van der Waals surface area contributed by atoms with Crippen molar-refractivity contribution in [2.75, 3.05) is 19.8 Å². The zero-order valence-corrected chi connectivity index (χ0v) is 31.2. The molecule has 8 rings (SSSR count). The predicted octanol–water partition coefficient (Wildman–Crippen LogP) is 1.44. The first kappa shape index (κ1) is 38.4. The third kappa shape index (κ3) is 5.98. The van der Waals surface area contributed by atoms with Gasteiger partial charge in [-0.1, -0.05) is 27.7 Å². The van der Waals surface area contributed by atoms with Crippen LogP contribution in [0, 0.1) is 52.3 Å². The maximum atomic E-state index is 11.1. The van der Waals surface area contributed by atoms with Gasteiger partial charge in [0, 0.05) is 12.3 Å². The van der Waals surface area contributed by atoms with Crippen LogP contribution in [0.2, 0.25) is 0 Å². The lowest BCUT2D eigenvalue weighted by Gasteiger charge is -2.61. The third-order valence-corrected chi connectivity index (χ3v) is 16.2. The van der Waals surface area contributed by atoms with Crippen molar-refractivity contribution in [3.05, 3.63) is 0 Å². The van der Waals surface area contributed by atoms with E-state index < -0.39 is 80.4 Å². The highest BCUT2D eigenvalue weighted by Crippen LogP contribution is 2.71. The Morgan fingerprint density at radius 2 is 1.37 bits per heavy atom. The van der Waals surface area contributed by atoms with E-state index in [1.165, 1.54) is 25.7 Å². The predicted molar refractivity (Wildman–Crippen MR) is 183 cm³/mol. The Morgan fingerprint density at radius 3 is 2.06 bits per heavy atom. The quantitative estimate of drug-likeness (QED) is 0.194. The minimum Gasteiger partial charge on any atom is -0.394 e. The van der Waals surface area contributed by atoms with Crippen LogP contribution in [0.3, 0.4) is 0 Å². The van der Waals surface area contributed by atoms with Gasteiger partial charge in [-0.15, -0.1) is 0 Å². The van der Waals surface area contributed by atoms with Gasteiger partial charge < -0.3 is 64.2 Å². The number of ether oxygens (including phenoxy) is 6. The number of rotatable bonds is 6. The third-order valence-electron chi connectivity index (χ3n) is 16.2. The lowest BCUT2D eigenvalue weighted by molar-refractivity contribution is -0.373. The summed E-state index contributed by atoms with van der Waals surface area (Å²) in [4.78, 5) is 0. The van der Waals surface area contributed by atoms with Gasteiger partial charge in [-0.05, 0) is 104 Å². The van der Waals surface area contributed by atoms with Crippen molar-refractivity contribution in [3.8, 4) is 0 Å². The van der Waals surface area contributed by atoms with Crippen LogP contribution in [-0.2, 0) is 28.4 Å². The molecule has 1 unspecified atom stereocenters. The summed E-state index contributed by atoms with van der Waals surface area (Å²) in [5.74, 6) is 3.51. The SMILES string of the molecule is CC1CC[C@]2(OC1)O[C@@H]1C[C@@H]3[C@H]4CC[C@H]5C[C@H](O[C@H]6O[C@@H](CO)[C@@H](O)[C@@H](O)[C@@H]6O[C@H]6O[C@@H](CO)[C@H](O)[C@@H](O)[C@@H]6O)CC[C@@]5(C)[C@@H]4CC[C@@]3(C)[C@@H]1[C@H]2C. The Labute approximate surface area is 307 Å². The fraction of sp³-hybridized carbons (Fsp3) is 1.00. The minimum atomic E-state index is -1.71. The zero-order chi connectivity index (χ0) is 36.9. The van der Waals surface area contributed by atoms with Crippen molar-refractivity contribution in [3.63, 3.8) is 0 Å². The second-order valence-corrected chi connectivity index (χ2v) is 18.7. The van der Waals surface area contributed by atoms with Crippen molar-refractivity contribution < 1.29 is 64.2 Å². The van der Waals surface area contributed by atoms with Crippen LogP contribution in [0.5, 0.6) is 0 Å². The molecule has 0 amide bonds.